The van der Waals surface area contributed by atoms with Crippen LogP contribution in [-0.2, 0) is 4.74 Å². The molecule has 0 aromatic carbocycles. The third-order valence-electron chi connectivity index (χ3n) is 1.16. The van der Waals surface area contributed by atoms with E-state index in [2.05, 4.69) is 11.9 Å². The Morgan fingerprint density at radius 2 is 2.62 bits per heavy atom. The van der Waals surface area contributed by atoms with Crippen LogP contribution < -0.4 is 5.32 Å². The average Bonchev–Trinajstić information content (AvgIpc) is 2.12. The third kappa shape index (κ3) is 1.08. The van der Waals surface area contributed by atoms with E-state index in [9.17, 15) is 0 Å². The summed E-state index contributed by atoms with van der Waals surface area (Å²) >= 11 is 0. The first-order chi connectivity index (χ1) is 3.80. The Bertz CT molecular complexity index is 94.7. The van der Waals surface area contributed by atoms with Crippen molar-refractivity contribution < 1.29 is 4.74 Å². The van der Waals surface area contributed by atoms with Crippen LogP contribution in [0.3, 0.4) is 0 Å². The first kappa shape index (κ1) is 5.79. The SMILES string of the molecule is C=C(C)C1NCCO1. The minimum Gasteiger partial charge on any atom is -0.358 e. The molecule has 0 saturated carbocycles. The van der Waals surface area contributed by atoms with Gasteiger partial charge in [0, 0.05) is 6.54 Å². The Hall–Kier alpha value is -0.340. The van der Waals surface area contributed by atoms with Crippen LogP contribution in [0.15, 0.2) is 12.2 Å². The second-order valence-corrected chi connectivity index (χ2v) is 2.05. The van der Waals surface area contributed by atoms with Crippen LogP contribution in [0.1, 0.15) is 6.92 Å². The van der Waals surface area contributed by atoms with Gasteiger partial charge in [-0.2, -0.15) is 0 Å². The molecule has 2 heteroatoms. The summed E-state index contributed by atoms with van der Waals surface area (Å²) in [6.07, 6.45) is 0.120. The summed E-state index contributed by atoms with van der Waals surface area (Å²) in [5.41, 5.74) is 1.06. The van der Waals surface area contributed by atoms with E-state index < -0.39 is 0 Å². The second-order valence-electron chi connectivity index (χ2n) is 2.05. The molecule has 46 valence electrons. The minimum atomic E-state index is 0.120. The maximum atomic E-state index is 5.20. The summed E-state index contributed by atoms with van der Waals surface area (Å²) in [5.74, 6) is 0. The number of hydrogen-bond acceptors (Lipinski definition) is 2. The van der Waals surface area contributed by atoms with Gasteiger partial charge < -0.3 is 4.74 Å². The molecule has 0 spiro atoms. The molecule has 0 aromatic rings. The molecule has 1 unspecified atom stereocenters. The zero-order valence-electron chi connectivity index (χ0n) is 5.11. The molecule has 0 aromatic heterocycles. The van der Waals surface area contributed by atoms with Gasteiger partial charge in [0.05, 0.1) is 6.61 Å². The van der Waals surface area contributed by atoms with Crippen LogP contribution in [0.4, 0.5) is 0 Å². The lowest BCUT2D eigenvalue weighted by atomic mass is 10.3. The molecule has 1 rings (SSSR count). The van der Waals surface area contributed by atoms with Crippen molar-refractivity contribution in [1.82, 2.24) is 5.32 Å². The zero-order chi connectivity index (χ0) is 5.98. The van der Waals surface area contributed by atoms with Crippen LogP contribution >= 0.6 is 0 Å². The normalized spacial score (nSPS) is 28.4. The van der Waals surface area contributed by atoms with Crippen molar-refractivity contribution in [3.05, 3.63) is 12.2 Å². The van der Waals surface area contributed by atoms with E-state index in [0.29, 0.717) is 0 Å². The molecular weight excluding hydrogens is 102 g/mol. The molecule has 1 saturated heterocycles. The van der Waals surface area contributed by atoms with Gasteiger partial charge in [0.15, 0.2) is 0 Å². The summed E-state index contributed by atoms with van der Waals surface area (Å²) < 4.78 is 5.20. The fourth-order valence-electron chi connectivity index (χ4n) is 0.742. The van der Waals surface area contributed by atoms with Crippen LogP contribution in [-0.4, -0.2) is 19.4 Å². The third-order valence-corrected chi connectivity index (χ3v) is 1.16. The molecule has 1 heterocycles. The molecule has 0 amide bonds. The lowest BCUT2D eigenvalue weighted by Gasteiger charge is -2.06. The standard InChI is InChI=1S/C6H11NO/c1-5(2)6-7-3-4-8-6/h6-7H,1,3-4H2,2H3. The Kier molecular flexibility index (Phi) is 1.65. The monoisotopic (exact) mass is 113 g/mol. The van der Waals surface area contributed by atoms with Gasteiger partial charge in [0.2, 0.25) is 0 Å². The first-order valence-corrected chi connectivity index (χ1v) is 2.81. The topological polar surface area (TPSA) is 21.3 Å². The molecule has 1 aliphatic heterocycles. The van der Waals surface area contributed by atoms with Crippen LogP contribution in [0.2, 0.25) is 0 Å². The van der Waals surface area contributed by atoms with Crippen molar-refractivity contribution in [2.45, 2.75) is 13.2 Å². The maximum absolute atomic E-state index is 5.20. The second kappa shape index (κ2) is 2.29. The Morgan fingerprint density at radius 1 is 1.88 bits per heavy atom. The van der Waals surface area contributed by atoms with E-state index in [1.165, 1.54) is 0 Å². The average molecular weight is 113 g/mol. The smallest absolute Gasteiger partial charge is 0.129 e. The molecule has 1 atom stereocenters. The molecule has 1 N–H and O–H groups in total. The summed E-state index contributed by atoms with van der Waals surface area (Å²) in [7, 11) is 0. The van der Waals surface area contributed by atoms with Crippen molar-refractivity contribution in [3.63, 3.8) is 0 Å². The summed E-state index contributed by atoms with van der Waals surface area (Å²) in [6, 6.07) is 0. The van der Waals surface area contributed by atoms with Gasteiger partial charge in [-0.1, -0.05) is 6.58 Å². The van der Waals surface area contributed by atoms with Crippen molar-refractivity contribution in [2.24, 2.45) is 0 Å². The predicted molar refractivity (Wildman–Crippen MR) is 32.6 cm³/mol. The Balaban J connectivity index is 2.35. The van der Waals surface area contributed by atoms with Crippen LogP contribution in [0.5, 0.6) is 0 Å². The van der Waals surface area contributed by atoms with E-state index in [1.54, 1.807) is 0 Å². The quantitative estimate of drug-likeness (QED) is 0.500. The van der Waals surface area contributed by atoms with Gasteiger partial charge >= 0.3 is 0 Å². The Labute approximate surface area is 49.5 Å². The largest absolute Gasteiger partial charge is 0.358 e. The van der Waals surface area contributed by atoms with Crippen molar-refractivity contribution in [1.29, 1.82) is 0 Å². The number of hydrogen-bond donors (Lipinski definition) is 1. The number of ether oxygens (including phenoxy) is 1. The highest BCUT2D eigenvalue weighted by Crippen LogP contribution is 2.03. The molecular formula is C6H11NO. The van der Waals surface area contributed by atoms with Crippen LogP contribution in [0, 0.1) is 0 Å². The summed E-state index contributed by atoms with van der Waals surface area (Å²) in [6.45, 7) is 7.48. The molecule has 1 fully saturated rings. The molecule has 0 radical (unpaired) electrons. The van der Waals surface area contributed by atoms with Gasteiger partial charge in [-0.3, -0.25) is 5.32 Å². The fraction of sp³-hybridized carbons (Fsp3) is 0.667. The lowest BCUT2D eigenvalue weighted by Crippen LogP contribution is -2.22. The highest BCUT2D eigenvalue weighted by atomic mass is 16.5. The summed E-state index contributed by atoms with van der Waals surface area (Å²) in [4.78, 5) is 0. The van der Waals surface area contributed by atoms with E-state index in [-0.39, 0.29) is 6.23 Å². The molecule has 2 nitrogen and oxygen atoms in total. The van der Waals surface area contributed by atoms with Crippen LogP contribution in [0.25, 0.3) is 0 Å². The van der Waals surface area contributed by atoms with E-state index in [1.807, 2.05) is 6.92 Å². The van der Waals surface area contributed by atoms with Gasteiger partial charge in [0.25, 0.3) is 0 Å². The summed E-state index contributed by atoms with van der Waals surface area (Å²) in [5, 5.41) is 3.13. The molecule has 0 bridgehead atoms. The van der Waals surface area contributed by atoms with Crippen molar-refractivity contribution in [3.8, 4) is 0 Å². The highest BCUT2D eigenvalue weighted by Gasteiger charge is 2.13. The Morgan fingerprint density at radius 3 is 2.88 bits per heavy atom. The van der Waals surface area contributed by atoms with Gasteiger partial charge in [0.1, 0.15) is 6.23 Å². The number of rotatable bonds is 1. The first-order valence-electron chi connectivity index (χ1n) is 2.81. The minimum absolute atomic E-state index is 0.120. The predicted octanol–water partition coefficient (Wildman–Crippen LogP) is 0.508. The molecule has 8 heavy (non-hydrogen) atoms. The van der Waals surface area contributed by atoms with E-state index >= 15 is 0 Å². The lowest BCUT2D eigenvalue weighted by molar-refractivity contribution is 0.129. The zero-order valence-corrected chi connectivity index (χ0v) is 5.11. The van der Waals surface area contributed by atoms with E-state index in [4.69, 9.17) is 4.74 Å². The van der Waals surface area contributed by atoms with Gasteiger partial charge in [-0.25, -0.2) is 0 Å². The molecule has 0 aliphatic carbocycles. The van der Waals surface area contributed by atoms with Gasteiger partial charge in [-0.15, -0.1) is 0 Å². The van der Waals surface area contributed by atoms with Crippen molar-refractivity contribution in [2.75, 3.05) is 13.2 Å². The molecule has 1 aliphatic rings. The highest BCUT2D eigenvalue weighted by molar-refractivity contribution is 4.97. The number of nitrogens with one attached hydrogen (secondary N) is 1. The van der Waals surface area contributed by atoms with E-state index in [0.717, 1.165) is 18.7 Å². The maximum Gasteiger partial charge on any atom is 0.129 e. The van der Waals surface area contributed by atoms with Crippen molar-refractivity contribution >= 4 is 0 Å². The fourth-order valence-corrected chi connectivity index (χ4v) is 0.742. The van der Waals surface area contributed by atoms with Gasteiger partial charge in [-0.05, 0) is 12.5 Å².